The summed E-state index contributed by atoms with van der Waals surface area (Å²) in [5.74, 6) is 0. The molecule has 0 saturated heterocycles. The zero-order valence-electron chi connectivity index (χ0n) is 5.24. The van der Waals surface area contributed by atoms with Gasteiger partial charge in [-0.3, -0.25) is 0 Å². The van der Waals surface area contributed by atoms with Gasteiger partial charge in [0.05, 0.1) is 6.20 Å². The summed E-state index contributed by atoms with van der Waals surface area (Å²) in [5.41, 5.74) is 1.78. The van der Waals surface area contributed by atoms with Crippen molar-refractivity contribution in [2.45, 2.75) is 0 Å². The Bertz CT molecular complexity index is 413. The van der Waals surface area contributed by atoms with Gasteiger partial charge in [0.2, 0.25) is 5.55 Å². The third-order valence-electron chi connectivity index (χ3n) is 1.31. The second-order valence-corrected chi connectivity index (χ2v) is 1.95. The van der Waals surface area contributed by atoms with Crippen molar-refractivity contribution in [2.75, 3.05) is 0 Å². The quantitative estimate of drug-likeness (QED) is 0.472. The monoisotopic (exact) mass is 135 g/mol. The summed E-state index contributed by atoms with van der Waals surface area (Å²) in [7, 11) is 0. The van der Waals surface area contributed by atoms with Crippen LogP contribution in [0.3, 0.4) is 0 Å². The van der Waals surface area contributed by atoms with Gasteiger partial charge in [0.15, 0.2) is 0 Å². The highest BCUT2D eigenvalue weighted by Crippen LogP contribution is 1.84. The zero-order valence-corrected chi connectivity index (χ0v) is 5.24. The lowest BCUT2D eigenvalue weighted by Gasteiger charge is -1.70. The highest BCUT2D eigenvalue weighted by molar-refractivity contribution is 5.41. The first-order valence-electron chi connectivity index (χ1n) is 2.76. The van der Waals surface area contributed by atoms with E-state index in [4.69, 9.17) is 4.42 Å². The average Bonchev–Trinajstić information content (AvgIpc) is 2.39. The Morgan fingerprint density at radius 1 is 1.50 bits per heavy atom. The molecule has 2 aromatic heterocycles. The molecule has 10 heavy (non-hydrogen) atoms. The maximum atomic E-state index is 5.04. The molecule has 50 valence electrons. The molecule has 0 radical (unpaired) electrons. The van der Waals surface area contributed by atoms with Crippen molar-refractivity contribution in [3.63, 3.8) is 0 Å². The highest BCUT2D eigenvalue weighted by Gasteiger charge is 1.98. The Morgan fingerprint density at radius 3 is 3.00 bits per heavy atom. The molecule has 4 heteroatoms. The van der Waals surface area contributed by atoms with Crippen molar-refractivity contribution in [3.8, 4) is 0 Å². The van der Waals surface area contributed by atoms with Gasteiger partial charge < -0.3 is 4.42 Å². The van der Waals surface area contributed by atoms with Gasteiger partial charge in [-0.25, -0.2) is 0 Å². The summed E-state index contributed by atoms with van der Waals surface area (Å²) in [6, 6.07) is 0. The molecule has 0 amide bonds. The molecule has 2 aromatic rings. The predicted octanol–water partition coefficient (Wildman–Crippen LogP) is -0.857. The number of hydrogen-bond acceptors (Lipinski definition) is 3. The maximum absolute atomic E-state index is 5.04. The lowest BCUT2D eigenvalue weighted by molar-refractivity contribution is 0.478. The van der Waals surface area contributed by atoms with Crippen molar-refractivity contribution in [1.29, 1.82) is 0 Å². The van der Waals surface area contributed by atoms with E-state index in [2.05, 4.69) is 23.5 Å². The molecule has 0 aliphatic rings. The summed E-state index contributed by atoms with van der Waals surface area (Å²) in [6.07, 6.45) is 1.58. The zero-order chi connectivity index (χ0) is 7.14. The molecule has 0 fully saturated rings. The molecule has 2 rings (SSSR count). The molecular weight excluding hydrogens is 130 g/mol. The Balaban J connectivity index is 3.28. The van der Waals surface area contributed by atoms with Gasteiger partial charge in [-0.1, -0.05) is 11.8 Å². The molecule has 0 N–H and O–H groups in total. The minimum Gasteiger partial charge on any atom is -0.438 e. The third kappa shape index (κ3) is 0.452. The van der Waals surface area contributed by atoms with E-state index >= 15 is 0 Å². The molecule has 0 atom stereocenters. The normalized spacial score (nSPS) is 10.8. The fourth-order valence-electron chi connectivity index (χ4n) is 0.847. The van der Waals surface area contributed by atoms with Crippen LogP contribution < -0.4 is 11.0 Å². The van der Waals surface area contributed by atoms with Crippen LogP contribution in [0.25, 0.3) is 18.7 Å². The fourth-order valence-corrected chi connectivity index (χ4v) is 0.847. The molecule has 2 heterocycles. The topological polar surface area (TPSA) is 43.3 Å². The molecular formula is C6H5N3O. The first kappa shape index (κ1) is 5.22. The second-order valence-electron chi connectivity index (χ2n) is 1.95. The highest BCUT2D eigenvalue weighted by atomic mass is 16.3. The van der Waals surface area contributed by atoms with E-state index < -0.39 is 0 Å². The summed E-state index contributed by atoms with van der Waals surface area (Å²) in [5, 5.41) is 7.37. The Labute approximate surface area is 56.1 Å². The van der Waals surface area contributed by atoms with Crippen LogP contribution in [0.2, 0.25) is 0 Å². The Hall–Kier alpha value is -1.58. The summed E-state index contributed by atoms with van der Waals surface area (Å²) in [6.45, 7) is 7.23. The summed E-state index contributed by atoms with van der Waals surface area (Å²) < 4.78 is 6.55. The van der Waals surface area contributed by atoms with Crippen LogP contribution in [0.5, 0.6) is 0 Å². The molecule has 0 aliphatic carbocycles. The van der Waals surface area contributed by atoms with Crippen LogP contribution in [0.15, 0.2) is 10.6 Å². The van der Waals surface area contributed by atoms with Crippen LogP contribution in [0.4, 0.5) is 0 Å². The van der Waals surface area contributed by atoms with Crippen LogP contribution in [0.1, 0.15) is 0 Å². The molecule has 4 nitrogen and oxygen atoms in total. The SMILES string of the molecule is C=c1oc(=C)n2nncc12. The van der Waals surface area contributed by atoms with Gasteiger partial charge in [-0.2, -0.15) is 4.52 Å². The number of rotatable bonds is 0. The van der Waals surface area contributed by atoms with Crippen molar-refractivity contribution in [2.24, 2.45) is 0 Å². The number of aromatic nitrogens is 3. The van der Waals surface area contributed by atoms with Crippen LogP contribution in [-0.4, -0.2) is 14.8 Å². The minimum absolute atomic E-state index is 0.456. The Kier molecular flexibility index (Phi) is 0.768. The van der Waals surface area contributed by atoms with Gasteiger partial charge in [0, 0.05) is 0 Å². The van der Waals surface area contributed by atoms with Gasteiger partial charge in [0.25, 0.3) is 0 Å². The maximum Gasteiger partial charge on any atom is 0.215 e. The fraction of sp³-hybridized carbons (Fsp3) is 0. The van der Waals surface area contributed by atoms with Crippen molar-refractivity contribution >= 4 is 18.7 Å². The standard InChI is InChI=1S/C6H5N3O/c1-4-6-3-7-8-9(6)5(2)10-4/h3H,1-2H2. The molecule has 0 aliphatic heterocycles. The first-order chi connectivity index (χ1) is 4.79. The molecule has 0 unspecified atom stereocenters. The number of oxazole rings is 1. The first-order valence-corrected chi connectivity index (χ1v) is 2.76. The van der Waals surface area contributed by atoms with Gasteiger partial charge in [0.1, 0.15) is 10.9 Å². The van der Waals surface area contributed by atoms with E-state index in [1.165, 1.54) is 4.52 Å². The smallest absolute Gasteiger partial charge is 0.215 e. The van der Waals surface area contributed by atoms with Crippen LogP contribution in [-0.2, 0) is 0 Å². The van der Waals surface area contributed by atoms with Crippen molar-refractivity contribution in [1.82, 2.24) is 14.8 Å². The van der Waals surface area contributed by atoms with Crippen LogP contribution in [0, 0.1) is 0 Å². The Morgan fingerprint density at radius 2 is 2.30 bits per heavy atom. The van der Waals surface area contributed by atoms with E-state index in [0.717, 1.165) is 5.52 Å². The predicted molar refractivity (Wildman–Crippen MR) is 35.5 cm³/mol. The van der Waals surface area contributed by atoms with Gasteiger partial charge >= 0.3 is 0 Å². The van der Waals surface area contributed by atoms with Gasteiger partial charge in [-0.15, -0.1) is 5.10 Å². The molecule has 0 aromatic carbocycles. The van der Waals surface area contributed by atoms with E-state index in [9.17, 15) is 0 Å². The van der Waals surface area contributed by atoms with E-state index in [1.54, 1.807) is 6.20 Å². The van der Waals surface area contributed by atoms with E-state index in [0.29, 0.717) is 11.0 Å². The lowest BCUT2D eigenvalue weighted by atomic mass is 10.6. The second kappa shape index (κ2) is 1.47. The molecule has 0 spiro atoms. The lowest BCUT2D eigenvalue weighted by Crippen LogP contribution is -2.05. The van der Waals surface area contributed by atoms with Crippen molar-refractivity contribution in [3.05, 3.63) is 17.2 Å². The number of nitrogens with zero attached hydrogens (tertiary/aromatic N) is 3. The summed E-state index contributed by atoms with van der Waals surface area (Å²) in [4.78, 5) is 0. The molecule has 0 saturated carbocycles. The third-order valence-corrected chi connectivity index (χ3v) is 1.31. The number of hydrogen-bond donors (Lipinski definition) is 0. The average molecular weight is 135 g/mol. The van der Waals surface area contributed by atoms with E-state index in [1.807, 2.05) is 0 Å². The van der Waals surface area contributed by atoms with E-state index in [-0.39, 0.29) is 0 Å². The summed E-state index contributed by atoms with van der Waals surface area (Å²) >= 11 is 0. The van der Waals surface area contributed by atoms with Crippen LogP contribution >= 0.6 is 0 Å². The number of fused-ring (bicyclic) bond motifs is 1. The van der Waals surface area contributed by atoms with Crippen molar-refractivity contribution < 1.29 is 4.42 Å². The minimum atomic E-state index is 0.456. The van der Waals surface area contributed by atoms with Gasteiger partial charge in [-0.05, 0) is 6.58 Å². The largest absolute Gasteiger partial charge is 0.438 e. The molecule has 0 bridgehead atoms.